The summed E-state index contributed by atoms with van der Waals surface area (Å²) in [6.07, 6.45) is 3.78. The van der Waals surface area contributed by atoms with Crippen molar-refractivity contribution < 1.29 is 0 Å². The Balaban J connectivity index is 2.26. The molecule has 3 heteroatoms. The van der Waals surface area contributed by atoms with Gasteiger partial charge in [-0.05, 0) is 31.1 Å². The number of nitrogens with two attached hydrogens (primary N) is 1. The highest BCUT2D eigenvalue weighted by molar-refractivity contribution is 5.78. The third kappa shape index (κ3) is 3.99. The van der Waals surface area contributed by atoms with Crippen molar-refractivity contribution in [3.8, 4) is 0 Å². The Hall–Kier alpha value is -0.730. The zero-order chi connectivity index (χ0) is 10.6. The molecule has 1 fully saturated rings. The summed E-state index contributed by atoms with van der Waals surface area (Å²) in [6.45, 7) is 7.41. The molecule has 0 aromatic heterocycles. The van der Waals surface area contributed by atoms with Crippen molar-refractivity contribution in [3.63, 3.8) is 0 Å². The molecule has 0 bridgehead atoms. The number of nitrogens with one attached hydrogen (secondary N) is 1. The van der Waals surface area contributed by atoms with Gasteiger partial charge in [0.05, 0.1) is 0 Å². The second-order valence-electron chi connectivity index (χ2n) is 4.88. The molecule has 0 aromatic carbocycles. The molecule has 1 saturated carbocycles. The van der Waals surface area contributed by atoms with Crippen LogP contribution in [0.5, 0.6) is 0 Å². The van der Waals surface area contributed by atoms with Gasteiger partial charge in [0.15, 0.2) is 5.96 Å². The van der Waals surface area contributed by atoms with Crippen LogP contribution in [0.2, 0.25) is 0 Å². The molecule has 14 heavy (non-hydrogen) atoms. The Morgan fingerprint density at radius 3 is 2.71 bits per heavy atom. The number of hydrogen-bond acceptors (Lipinski definition) is 1. The summed E-state index contributed by atoms with van der Waals surface area (Å²) < 4.78 is 0. The summed E-state index contributed by atoms with van der Waals surface area (Å²) in [5, 5.41) is 3.29. The van der Waals surface area contributed by atoms with E-state index in [1.54, 1.807) is 0 Å². The van der Waals surface area contributed by atoms with E-state index in [-0.39, 0.29) is 0 Å². The molecule has 0 spiro atoms. The highest BCUT2D eigenvalue weighted by Gasteiger charge is 2.21. The first-order chi connectivity index (χ1) is 6.58. The molecule has 0 aromatic rings. The molecule has 2 unspecified atom stereocenters. The number of hydrogen-bond donors (Lipinski definition) is 2. The Bertz CT molecular complexity index is 199. The Morgan fingerprint density at radius 2 is 2.21 bits per heavy atom. The third-order valence-corrected chi connectivity index (χ3v) is 2.67. The van der Waals surface area contributed by atoms with Crippen molar-refractivity contribution in [2.45, 2.75) is 46.1 Å². The molecular weight excluding hydrogens is 174 g/mol. The summed E-state index contributed by atoms with van der Waals surface area (Å²) in [6, 6.07) is 0.556. The van der Waals surface area contributed by atoms with Crippen molar-refractivity contribution in [1.82, 2.24) is 5.32 Å². The molecule has 0 heterocycles. The monoisotopic (exact) mass is 197 g/mol. The highest BCUT2D eigenvalue weighted by atomic mass is 15.1. The van der Waals surface area contributed by atoms with Crippen LogP contribution in [0, 0.1) is 11.8 Å². The van der Waals surface area contributed by atoms with Gasteiger partial charge in [-0.3, -0.25) is 4.99 Å². The van der Waals surface area contributed by atoms with E-state index in [1.165, 1.54) is 19.3 Å². The van der Waals surface area contributed by atoms with Gasteiger partial charge in [-0.25, -0.2) is 0 Å². The lowest BCUT2D eigenvalue weighted by Crippen LogP contribution is -2.39. The number of rotatable bonds is 3. The van der Waals surface area contributed by atoms with Crippen LogP contribution >= 0.6 is 0 Å². The van der Waals surface area contributed by atoms with Gasteiger partial charge in [0, 0.05) is 12.6 Å². The summed E-state index contributed by atoms with van der Waals surface area (Å²) >= 11 is 0. The summed E-state index contributed by atoms with van der Waals surface area (Å²) in [7, 11) is 0. The quantitative estimate of drug-likeness (QED) is 0.535. The molecule has 1 aliphatic rings. The van der Waals surface area contributed by atoms with E-state index >= 15 is 0 Å². The first-order valence-corrected chi connectivity index (χ1v) is 5.64. The zero-order valence-corrected chi connectivity index (χ0v) is 9.59. The average molecular weight is 197 g/mol. The van der Waals surface area contributed by atoms with E-state index < -0.39 is 0 Å². The van der Waals surface area contributed by atoms with Crippen LogP contribution in [0.3, 0.4) is 0 Å². The molecular formula is C11H23N3. The number of guanidine groups is 1. The van der Waals surface area contributed by atoms with Crippen molar-refractivity contribution in [3.05, 3.63) is 0 Å². The molecule has 2 atom stereocenters. The lowest BCUT2D eigenvalue weighted by Gasteiger charge is -2.13. The molecule has 1 aliphatic carbocycles. The van der Waals surface area contributed by atoms with Gasteiger partial charge in [0.1, 0.15) is 0 Å². The Morgan fingerprint density at radius 1 is 1.50 bits per heavy atom. The van der Waals surface area contributed by atoms with E-state index in [9.17, 15) is 0 Å². The van der Waals surface area contributed by atoms with E-state index in [4.69, 9.17) is 5.73 Å². The summed E-state index contributed by atoms with van der Waals surface area (Å²) in [5.41, 5.74) is 5.79. The summed E-state index contributed by atoms with van der Waals surface area (Å²) in [4.78, 5) is 4.30. The lowest BCUT2D eigenvalue weighted by atomic mass is 10.1. The van der Waals surface area contributed by atoms with Crippen molar-refractivity contribution in [2.75, 3.05) is 6.54 Å². The fourth-order valence-electron chi connectivity index (χ4n) is 1.87. The smallest absolute Gasteiger partial charge is 0.188 e. The van der Waals surface area contributed by atoms with E-state index in [1.807, 2.05) is 0 Å². The minimum atomic E-state index is 0.556. The standard InChI is InChI=1S/C11H23N3/c1-8(2)7-13-11(12)14-10-5-4-9(3)6-10/h8-10H,4-7H2,1-3H3,(H3,12,13,14). The normalized spacial score (nSPS) is 28.4. The first kappa shape index (κ1) is 11.3. The number of nitrogens with zero attached hydrogens (tertiary/aromatic N) is 1. The maximum Gasteiger partial charge on any atom is 0.188 e. The molecule has 1 rings (SSSR count). The summed E-state index contributed by atoms with van der Waals surface area (Å²) in [5.74, 6) is 2.04. The average Bonchev–Trinajstić information content (AvgIpc) is 2.48. The van der Waals surface area contributed by atoms with Gasteiger partial charge in [-0.2, -0.15) is 0 Å². The van der Waals surface area contributed by atoms with Gasteiger partial charge in [0.2, 0.25) is 0 Å². The third-order valence-electron chi connectivity index (χ3n) is 2.67. The second kappa shape index (κ2) is 5.23. The molecule has 0 amide bonds. The maximum absolute atomic E-state index is 5.79. The maximum atomic E-state index is 5.79. The van der Waals surface area contributed by atoms with E-state index in [0.717, 1.165) is 12.5 Å². The van der Waals surface area contributed by atoms with Crippen LogP contribution in [0.4, 0.5) is 0 Å². The largest absolute Gasteiger partial charge is 0.370 e. The van der Waals surface area contributed by atoms with Gasteiger partial charge in [0.25, 0.3) is 0 Å². The lowest BCUT2D eigenvalue weighted by molar-refractivity contribution is 0.567. The molecule has 0 radical (unpaired) electrons. The fraction of sp³-hybridized carbons (Fsp3) is 0.909. The van der Waals surface area contributed by atoms with E-state index in [2.05, 4.69) is 31.1 Å². The highest BCUT2D eigenvalue weighted by Crippen LogP contribution is 2.24. The van der Waals surface area contributed by atoms with Crippen molar-refractivity contribution in [1.29, 1.82) is 0 Å². The zero-order valence-electron chi connectivity index (χ0n) is 9.59. The molecule has 82 valence electrons. The SMILES string of the molecule is CC(C)CN=C(N)NC1CCC(C)C1. The van der Waals surface area contributed by atoms with Gasteiger partial charge in [-0.15, -0.1) is 0 Å². The van der Waals surface area contributed by atoms with Crippen LogP contribution in [-0.2, 0) is 0 Å². The number of aliphatic imine (C=N–C) groups is 1. The van der Waals surface area contributed by atoms with Crippen LogP contribution < -0.4 is 11.1 Å². The van der Waals surface area contributed by atoms with Crippen molar-refractivity contribution >= 4 is 5.96 Å². The van der Waals surface area contributed by atoms with Gasteiger partial charge < -0.3 is 11.1 Å². The minimum absolute atomic E-state index is 0.556. The molecule has 3 N–H and O–H groups in total. The fourth-order valence-corrected chi connectivity index (χ4v) is 1.87. The van der Waals surface area contributed by atoms with Crippen LogP contribution in [-0.4, -0.2) is 18.5 Å². The molecule has 0 saturated heterocycles. The Kier molecular flexibility index (Phi) is 4.23. The minimum Gasteiger partial charge on any atom is -0.370 e. The second-order valence-corrected chi connectivity index (χ2v) is 4.88. The van der Waals surface area contributed by atoms with Crippen molar-refractivity contribution in [2.24, 2.45) is 22.6 Å². The van der Waals surface area contributed by atoms with E-state index in [0.29, 0.717) is 17.9 Å². The molecule has 3 nitrogen and oxygen atoms in total. The predicted octanol–water partition coefficient (Wildman–Crippen LogP) is 1.74. The topological polar surface area (TPSA) is 50.4 Å². The Labute approximate surface area is 87.2 Å². The van der Waals surface area contributed by atoms with Crippen LogP contribution in [0.25, 0.3) is 0 Å². The first-order valence-electron chi connectivity index (χ1n) is 5.64. The van der Waals surface area contributed by atoms with Crippen LogP contribution in [0.15, 0.2) is 4.99 Å². The predicted molar refractivity (Wildman–Crippen MR) is 61.3 cm³/mol. The molecule has 0 aliphatic heterocycles. The van der Waals surface area contributed by atoms with Gasteiger partial charge >= 0.3 is 0 Å². The van der Waals surface area contributed by atoms with Gasteiger partial charge in [-0.1, -0.05) is 20.8 Å². The van der Waals surface area contributed by atoms with Crippen LogP contribution in [0.1, 0.15) is 40.0 Å².